The molecule has 3 amide bonds. The van der Waals surface area contributed by atoms with Crippen LogP contribution in [0.15, 0.2) is 42.1 Å². The third-order valence-corrected chi connectivity index (χ3v) is 4.73. The van der Waals surface area contributed by atoms with Crippen LogP contribution in [0.2, 0.25) is 10.0 Å². The molecule has 1 saturated heterocycles. The van der Waals surface area contributed by atoms with Gasteiger partial charge in [-0.25, -0.2) is 9.69 Å². The quantitative estimate of drug-likeness (QED) is 0.452. The summed E-state index contributed by atoms with van der Waals surface area (Å²) in [6.07, 6.45) is 1.39. The van der Waals surface area contributed by atoms with Gasteiger partial charge in [-0.1, -0.05) is 35.3 Å². The van der Waals surface area contributed by atoms with Crippen LogP contribution in [0.3, 0.4) is 0 Å². The van der Waals surface area contributed by atoms with Crippen LogP contribution in [-0.4, -0.2) is 41.1 Å². The minimum absolute atomic E-state index is 0.0698. The van der Waals surface area contributed by atoms with Crippen molar-refractivity contribution in [3.05, 3.63) is 63.3 Å². The van der Waals surface area contributed by atoms with E-state index in [1.54, 1.807) is 31.2 Å². The van der Waals surface area contributed by atoms with Crippen LogP contribution < -0.4 is 14.8 Å². The van der Waals surface area contributed by atoms with Crippen LogP contribution in [0.4, 0.5) is 4.79 Å². The lowest BCUT2D eigenvalue weighted by Gasteiger charge is -2.15. The van der Waals surface area contributed by atoms with Crippen molar-refractivity contribution in [2.24, 2.45) is 0 Å². The standard InChI is InChI=1S/C21H18Cl2N2O6/c1-2-30-17-9-13(8-16-20(28)25(10-18(26)27)21(29)24-16)7-15(23)19(17)31-11-12-3-5-14(22)6-4-12/h3-9H,2,10-11H2,1H3,(H,24,29)(H,26,27)/b16-8+. The van der Waals surface area contributed by atoms with E-state index < -0.39 is 24.5 Å². The van der Waals surface area contributed by atoms with Crippen LogP contribution in [-0.2, 0) is 16.2 Å². The summed E-state index contributed by atoms with van der Waals surface area (Å²) in [5.41, 5.74) is 1.28. The molecule has 0 saturated carbocycles. The highest BCUT2D eigenvalue weighted by Gasteiger charge is 2.34. The first-order chi connectivity index (χ1) is 14.8. The lowest BCUT2D eigenvalue weighted by molar-refractivity contribution is -0.140. The van der Waals surface area contributed by atoms with Crippen molar-refractivity contribution in [1.82, 2.24) is 10.2 Å². The molecule has 1 heterocycles. The molecule has 2 N–H and O–H groups in total. The van der Waals surface area contributed by atoms with E-state index in [1.807, 2.05) is 12.1 Å². The van der Waals surface area contributed by atoms with E-state index in [0.29, 0.717) is 33.6 Å². The number of carbonyl (C=O) groups is 3. The number of amides is 3. The van der Waals surface area contributed by atoms with E-state index in [4.69, 9.17) is 37.8 Å². The Bertz CT molecular complexity index is 1050. The molecular weight excluding hydrogens is 447 g/mol. The molecule has 8 nitrogen and oxygen atoms in total. The molecule has 10 heteroatoms. The number of nitrogens with one attached hydrogen (secondary N) is 1. The van der Waals surface area contributed by atoms with Crippen molar-refractivity contribution in [3.8, 4) is 11.5 Å². The number of halogens is 2. The molecule has 1 aliphatic rings. The van der Waals surface area contributed by atoms with Gasteiger partial charge < -0.3 is 19.9 Å². The average molecular weight is 465 g/mol. The summed E-state index contributed by atoms with van der Waals surface area (Å²) in [5.74, 6) is -1.36. The van der Waals surface area contributed by atoms with Crippen LogP contribution in [0.1, 0.15) is 18.1 Å². The van der Waals surface area contributed by atoms with Gasteiger partial charge in [0.1, 0.15) is 18.8 Å². The lowest BCUT2D eigenvalue weighted by atomic mass is 10.1. The summed E-state index contributed by atoms with van der Waals surface area (Å²) >= 11 is 12.3. The summed E-state index contributed by atoms with van der Waals surface area (Å²) in [5, 5.41) is 12.1. The van der Waals surface area contributed by atoms with Crippen LogP contribution in [0.25, 0.3) is 6.08 Å². The number of imide groups is 1. The van der Waals surface area contributed by atoms with E-state index >= 15 is 0 Å². The first kappa shape index (κ1) is 22.5. The highest BCUT2D eigenvalue weighted by molar-refractivity contribution is 6.32. The Morgan fingerprint density at radius 2 is 1.87 bits per heavy atom. The third kappa shape index (κ3) is 5.48. The molecule has 3 rings (SSSR count). The van der Waals surface area contributed by atoms with Gasteiger partial charge in [0.15, 0.2) is 11.5 Å². The summed E-state index contributed by atoms with van der Waals surface area (Å²) in [6.45, 7) is 1.64. The second-order valence-corrected chi connectivity index (χ2v) is 7.29. The zero-order valence-corrected chi connectivity index (χ0v) is 17.9. The van der Waals surface area contributed by atoms with Crippen molar-refractivity contribution in [3.63, 3.8) is 0 Å². The van der Waals surface area contributed by atoms with Gasteiger partial charge in [-0.2, -0.15) is 0 Å². The second kappa shape index (κ2) is 9.72. The largest absolute Gasteiger partial charge is 0.490 e. The fourth-order valence-corrected chi connectivity index (χ4v) is 3.23. The van der Waals surface area contributed by atoms with Crippen molar-refractivity contribution in [2.45, 2.75) is 13.5 Å². The van der Waals surface area contributed by atoms with Gasteiger partial charge in [-0.05, 0) is 48.4 Å². The molecule has 1 fully saturated rings. The van der Waals surface area contributed by atoms with Crippen LogP contribution in [0.5, 0.6) is 11.5 Å². The van der Waals surface area contributed by atoms with E-state index in [0.717, 1.165) is 5.56 Å². The number of carboxylic acid groups (broad SMARTS) is 1. The molecule has 0 spiro atoms. The zero-order chi connectivity index (χ0) is 22.5. The van der Waals surface area contributed by atoms with Gasteiger partial charge in [0.2, 0.25) is 0 Å². The van der Waals surface area contributed by atoms with Gasteiger partial charge in [0.05, 0.1) is 11.6 Å². The summed E-state index contributed by atoms with van der Waals surface area (Å²) < 4.78 is 11.5. The number of rotatable bonds is 8. The van der Waals surface area contributed by atoms with E-state index in [2.05, 4.69) is 5.32 Å². The van der Waals surface area contributed by atoms with Crippen molar-refractivity contribution >= 4 is 47.2 Å². The maximum Gasteiger partial charge on any atom is 0.329 e. The summed E-state index contributed by atoms with van der Waals surface area (Å²) in [7, 11) is 0. The minimum Gasteiger partial charge on any atom is -0.490 e. The SMILES string of the molecule is CCOc1cc(/C=C2/NC(=O)N(CC(=O)O)C2=O)cc(Cl)c1OCc1ccc(Cl)cc1. The lowest BCUT2D eigenvalue weighted by Crippen LogP contribution is -2.35. The number of nitrogens with zero attached hydrogens (tertiary/aromatic N) is 1. The summed E-state index contributed by atoms with van der Waals surface area (Å²) in [4.78, 5) is 35.6. The smallest absolute Gasteiger partial charge is 0.329 e. The molecule has 0 bridgehead atoms. The van der Waals surface area contributed by atoms with Crippen molar-refractivity contribution in [1.29, 1.82) is 0 Å². The van der Waals surface area contributed by atoms with Crippen molar-refractivity contribution < 1.29 is 29.0 Å². The zero-order valence-electron chi connectivity index (χ0n) is 16.4. The predicted octanol–water partition coefficient (Wildman–Crippen LogP) is 3.95. The normalized spacial score (nSPS) is 14.7. The van der Waals surface area contributed by atoms with E-state index in [-0.39, 0.29) is 17.3 Å². The fraction of sp³-hybridized carbons (Fsp3) is 0.190. The Hall–Kier alpha value is -3.23. The maximum atomic E-state index is 12.3. The van der Waals surface area contributed by atoms with Crippen molar-refractivity contribution in [2.75, 3.05) is 13.2 Å². The molecule has 2 aromatic carbocycles. The molecule has 0 aliphatic carbocycles. The maximum absolute atomic E-state index is 12.3. The first-order valence-corrected chi connectivity index (χ1v) is 9.94. The van der Waals surface area contributed by atoms with Gasteiger partial charge in [0, 0.05) is 5.02 Å². The minimum atomic E-state index is -1.30. The fourth-order valence-electron chi connectivity index (χ4n) is 2.83. The summed E-state index contributed by atoms with van der Waals surface area (Å²) in [6, 6.07) is 9.51. The number of aliphatic carboxylic acids is 1. The number of hydrogen-bond acceptors (Lipinski definition) is 5. The Morgan fingerprint density at radius 3 is 2.52 bits per heavy atom. The van der Waals surface area contributed by atoms with Gasteiger partial charge >= 0.3 is 12.0 Å². The highest BCUT2D eigenvalue weighted by atomic mass is 35.5. The topological polar surface area (TPSA) is 105 Å². The van der Waals surface area contributed by atoms with Crippen LogP contribution >= 0.6 is 23.2 Å². The van der Waals surface area contributed by atoms with Gasteiger partial charge in [-0.3, -0.25) is 9.59 Å². The number of urea groups is 1. The van der Waals surface area contributed by atoms with E-state index in [9.17, 15) is 14.4 Å². The van der Waals surface area contributed by atoms with E-state index in [1.165, 1.54) is 6.08 Å². The third-order valence-electron chi connectivity index (χ3n) is 4.19. The monoisotopic (exact) mass is 464 g/mol. The molecule has 0 atom stereocenters. The van der Waals surface area contributed by atoms with Crippen LogP contribution in [0, 0.1) is 0 Å². The molecule has 162 valence electrons. The average Bonchev–Trinajstić information content (AvgIpc) is 2.96. The molecule has 1 aliphatic heterocycles. The molecule has 0 aromatic heterocycles. The number of carboxylic acids is 1. The Balaban J connectivity index is 1.85. The Morgan fingerprint density at radius 1 is 1.16 bits per heavy atom. The number of ether oxygens (including phenoxy) is 2. The second-order valence-electron chi connectivity index (χ2n) is 6.45. The molecule has 0 radical (unpaired) electrons. The molecule has 31 heavy (non-hydrogen) atoms. The number of benzene rings is 2. The predicted molar refractivity (Wildman–Crippen MR) is 114 cm³/mol. The number of carbonyl (C=O) groups excluding carboxylic acids is 2. The van der Waals surface area contributed by atoms with Gasteiger partial charge in [-0.15, -0.1) is 0 Å². The molecular formula is C21H18Cl2N2O6. The Labute approximate surface area is 187 Å². The Kier molecular flexibility index (Phi) is 7.04. The highest BCUT2D eigenvalue weighted by Crippen LogP contribution is 2.38. The molecule has 2 aromatic rings. The van der Waals surface area contributed by atoms with Gasteiger partial charge in [0.25, 0.3) is 5.91 Å². The molecule has 0 unspecified atom stereocenters. The first-order valence-electron chi connectivity index (χ1n) is 9.18. The number of hydrogen-bond donors (Lipinski definition) is 2.